The van der Waals surface area contributed by atoms with Crippen molar-refractivity contribution in [1.29, 1.82) is 0 Å². The van der Waals surface area contributed by atoms with Gasteiger partial charge in [-0.15, -0.1) is 11.3 Å². The zero-order valence-corrected chi connectivity index (χ0v) is 15.7. The third kappa shape index (κ3) is 4.02. The van der Waals surface area contributed by atoms with Gasteiger partial charge in [-0.3, -0.25) is 5.32 Å². The number of aryl methyl sites for hydroxylation is 1. The molecule has 2 aromatic heterocycles. The van der Waals surface area contributed by atoms with Crippen molar-refractivity contribution in [3.63, 3.8) is 0 Å². The normalized spacial score (nSPS) is 10.6. The smallest absolute Gasteiger partial charge is 0.412 e. The Morgan fingerprint density at radius 2 is 2.00 bits per heavy atom. The van der Waals surface area contributed by atoms with E-state index in [9.17, 15) is 4.79 Å². The summed E-state index contributed by atoms with van der Waals surface area (Å²) < 4.78 is 12.0. The molecule has 0 atom stereocenters. The number of carbonyl (C=O) groups is 1. The first-order valence-corrected chi connectivity index (χ1v) is 9.18. The molecule has 0 spiro atoms. The van der Waals surface area contributed by atoms with Gasteiger partial charge in [0.2, 0.25) is 5.13 Å². The number of nitrogens with zero attached hydrogens (tertiary/aromatic N) is 3. The van der Waals surface area contributed by atoms with Gasteiger partial charge in [0.05, 0.1) is 24.6 Å². The lowest BCUT2D eigenvalue weighted by Crippen LogP contribution is -2.16. The van der Waals surface area contributed by atoms with Crippen LogP contribution in [0.2, 0.25) is 0 Å². The van der Waals surface area contributed by atoms with Crippen molar-refractivity contribution in [1.82, 2.24) is 14.8 Å². The summed E-state index contributed by atoms with van der Waals surface area (Å²) in [6, 6.07) is 9.55. The number of benzene rings is 1. The molecule has 0 aliphatic heterocycles. The molecule has 2 heterocycles. The maximum absolute atomic E-state index is 11.7. The van der Waals surface area contributed by atoms with Crippen molar-refractivity contribution < 1.29 is 14.3 Å². The molecule has 3 rings (SSSR count). The first-order chi connectivity index (χ1) is 12.6. The summed E-state index contributed by atoms with van der Waals surface area (Å²) in [4.78, 5) is 16.4. The Bertz CT molecular complexity index is 886. The zero-order chi connectivity index (χ0) is 18.5. The van der Waals surface area contributed by atoms with E-state index in [-0.39, 0.29) is 0 Å². The number of thiazole rings is 1. The fourth-order valence-corrected chi connectivity index (χ4v) is 3.18. The highest BCUT2D eigenvalue weighted by Crippen LogP contribution is 2.27. The van der Waals surface area contributed by atoms with Gasteiger partial charge in [-0.2, -0.15) is 9.78 Å². The average Bonchev–Trinajstić information content (AvgIpc) is 3.23. The minimum Gasteiger partial charge on any atom is -0.494 e. The molecule has 0 unspecified atom stereocenters. The van der Waals surface area contributed by atoms with Gasteiger partial charge in [0, 0.05) is 17.0 Å². The summed E-state index contributed by atoms with van der Waals surface area (Å²) in [7, 11) is 0. The van der Waals surface area contributed by atoms with Crippen molar-refractivity contribution in [2.75, 3.05) is 18.5 Å². The molecule has 0 aliphatic carbocycles. The largest absolute Gasteiger partial charge is 0.494 e. The monoisotopic (exact) mass is 372 g/mol. The van der Waals surface area contributed by atoms with Crippen LogP contribution in [0.15, 0.2) is 35.7 Å². The van der Waals surface area contributed by atoms with Gasteiger partial charge < -0.3 is 9.47 Å². The highest BCUT2D eigenvalue weighted by Gasteiger charge is 2.14. The molecule has 0 fully saturated rings. The third-order valence-electron chi connectivity index (χ3n) is 3.47. The summed E-state index contributed by atoms with van der Waals surface area (Å²) in [5, 5.41) is 9.72. The number of hydrogen-bond donors (Lipinski definition) is 1. The van der Waals surface area contributed by atoms with Crippen LogP contribution in [0.4, 0.5) is 10.6 Å². The van der Waals surface area contributed by atoms with E-state index in [1.165, 1.54) is 11.3 Å². The van der Waals surface area contributed by atoms with Gasteiger partial charge in [-0.1, -0.05) is 0 Å². The van der Waals surface area contributed by atoms with Crippen molar-refractivity contribution in [3.05, 3.63) is 41.4 Å². The first kappa shape index (κ1) is 17.9. The van der Waals surface area contributed by atoms with Crippen LogP contribution in [0.25, 0.3) is 16.4 Å². The Kier molecular flexibility index (Phi) is 5.52. The highest BCUT2D eigenvalue weighted by molar-refractivity contribution is 7.12. The standard InChI is InChI=1S/C18H20N4O3S/c1-4-24-14-8-6-13(7-9-14)15-11-26-17(19-15)22-16(10-12(3)21-22)20-18(23)25-5-2/h6-11H,4-5H2,1-3H3,(H,20,23). The van der Waals surface area contributed by atoms with E-state index in [0.717, 1.165) is 22.7 Å². The van der Waals surface area contributed by atoms with Crippen LogP contribution < -0.4 is 10.1 Å². The van der Waals surface area contributed by atoms with Crippen LogP contribution in [0.1, 0.15) is 19.5 Å². The Labute approximate surface area is 155 Å². The van der Waals surface area contributed by atoms with E-state index < -0.39 is 6.09 Å². The van der Waals surface area contributed by atoms with Gasteiger partial charge in [0.1, 0.15) is 11.6 Å². The molecule has 1 aromatic carbocycles. The van der Waals surface area contributed by atoms with Gasteiger partial charge in [-0.25, -0.2) is 9.78 Å². The Morgan fingerprint density at radius 3 is 2.69 bits per heavy atom. The molecule has 0 saturated carbocycles. The summed E-state index contributed by atoms with van der Waals surface area (Å²) >= 11 is 1.45. The van der Waals surface area contributed by atoms with Crippen molar-refractivity contribution in [3.8, 4) is 22.1 Å². The quantitative estimate of drug-likeness (QED) is 0.699. The zero-order valence-electron chi connectivity index (χ0n) is 14.9. The minimum atomic E-state index is -0.517. The van der Waals surface area contributed by atoms with E-state index >= 15 is 0 Å². The second-order valence-electron chi connectivity index (χ2n) is 5.40. The van der Waals surface area contributed by atoms with Crippen LogP contribution in [0.3, 0.4) is 0 Å². The maximum atomic E-state index is 11.7. The van der Waals surface area contributed by atoms with Gasteiger partial charge in [0.25, 0.3) is 0 Å². The molecule has 7 nitrogen and oxygen atoms in total. The molecule has 26 heavy (non-hydrogen) atoms. The van der Waals surface area contributed by atoms with Gasteiger partial charge in [0.15, 0.2) is 0 Å². The molecule has 0 radical (unpaired) electrons. The van der Waals surface area contributed by atoms with Crippen LogP contribution in [0.5, 0.6) is 5.75 Å². The summed E-state index contributed by atoms with van der Waals surface area (Å²) in [6.07, 6.45) is -0.517. The van der Waals surface area contributed by atoms with E-state index in [1.807, 2.05) is 43.5 Å². The number of aromatic nitrogens is 3. The van der Waals surface area contributed by atoms with Crippen LogP contribution in [-0.4, -0.2) is 34.1 Å². The van der Waals surface area contributed by atoms with Crippen molar-refractivity contribution in [2.45, 2.75) is 20.8 Å². The number of carbonyl (C=O) groups excluding carboxylic acids is 1. The Morgan fingerprint density at radius 1 is 1.23 bits per heavy atom. The van der Waals surface area contributed by atoms with Crippen LogP contribution in [-0.2, 0) is 4.74 Å². The van der Waals surface area contributed by atoms with Gasteiger partial charge in [-0.05, 0) is 45.0 Å². The molecule has 3 aromatic rings. The van der Waals surface area contributed by atoms with Crippen molar-refractivity contribution >= 4 is 23.2 Å². The van der Waals surface area contributed by atoms with E-state index in [0.29, 0.717) is 24.2 Å². The first-order valence-electron chi connectivity index (χ1n) is 8.30. The predicted octanol–water partition coefficient (Wildman–Crippen LogP) is 4.27. The topological polar surface area (TPSA) is 78.3 Å². The number of nitrogens with one attached hydrogen (secondary N) is 1. The number of amides is 1. The molecular weight excluding hydrogens is 352 g/mol. The van der Waals surface area contributed by atoms with E-state index in [1.54, 1.807) is 17.7 Å². The molecule has 1 amide bonds. The Hall–Kier alpha value is -2.87. The van der Waals surface area contributed by atoms with Crippen molar-refractivity contribution in [2.24, 2.45) is 0 Å². The van der Waals surface area contributed by atoms with E-state index in [2.05, 4.69) is 15.4 Å². The average molecular weight is 372 g/mol. The predicted molar refractivity (Wildman–Crippen MR) is 101 cm³/mol. The van der Waals surface area contributed by atoms with Crippen LogP contribution in [0, 0.1) is 6.92 Å². The van der Waals surface area contributed by atoms with Crippen LogP contribution >= 0.6 is 11.3 Å². The molecule has 0 saturated heterocycles. The molecule has 0 aliphatic rings. The summed E-state index contributed by atoms with van der Waals surface area (Å²) in [5.74, 6) is 1.35. The Balaban J connectivity index is 1.84. The lowest BCUT2D eigenvalue weighted by Gasteiger charge is -2.06. The molecule has 1 N–H and O–H groups in total. The third-order valence-corrected chi connectivity index (χ3v) is 4.29. The fraction of sp³-hybridized carbons (Fsp3) is 0.278. The molecule has 136 valence electrons. The second kappa shape index (κ2) is 8.01. The lowest BCUT2D eigenvalue weighted by atomic mass is 10.2. The highest BCUT2D eigenvalue weighted by atomic mass is 32.1. The van der Waals surface area contributed by atoms with E-state index in [4.69, 9.17) is 9.47 Å². The summed E-state index contributed by atoms with van der Waals surface area (Å²) in [6.45, 7) is 6.50. The second-order valence-corrected chi connectivity index (χ2v) is 6.24. The number of hydrogen-bond acceptors (Lipinski definition) is 6. The molecule has 8 heteroatoms. The minimum absolute atomic E-state index is 0.304. The summed E-state index contributed by atoms with van der Waals surface area (Å²) in [5.41, 5.74) is 2.60. The molecular formula is C18H20N4O3S. The fourth-order valence-electron chi connectivity index (χ4n) is 2.39. The number of anilines is 1. The van der Waals surface area contributed by atoms with Gasteiger partial charge >= 0.3 is 6.09 Å². The maximum Gasteiger partial charge on any atom is 0.412 e. The molecule has 0 bridgehead atoms. The SMILES string of the molecule is CCOC(=O)Nc1cc(C)nn1-c1nc(-c2ccc(OCC)cc2)cs1. The number of ether oxygens (including phenoxy) is 2. The number of rotatable bonds is 6. The lowest BCUT2D eigenvalue weighted by molar-refractivity contribution is 0.167.